The third-order valence-electron chi connectivity index (χ3n) is 17.1. The first-order valence-electron chi connectivity index (χ1n) is 30.7. The minimum atomic E-state index is 1.03. The molecule has 0 aliphatic rings. The highest BCUT2D eigenvalue weighted by molar-refractivity contribution is 6.13. The summed E-state index contributed by atoms with van der Waals surface area (Å²) in [5.41, 5.74) is 21.5. The van der Waals surface area contributed by atoms with Crippen LogP contribution < -0.4 is 19.6 Å². The molecule has 0 aliphatic heterocycles. The molecule has 2 heterocycles. The SMILES string of the molecule is c1ccc(N(c2ccccc2)c2cc(N(c3ccccc3)c3ccccc3)cc(-n3c4ccccc4c4cc(-c5ccc6c(c5)c5ccccc5n6-c5cc(N(c6ccccc6)c6ccccc6)cc(N(c6ccccc6)c6ccccc6)c5)ccc43)c2)cc1. The van der Waals surface area contributed by atoms with Crippen LogP contribution >= 0.6 is 0 Å². The maximum absolute atomic E-state index is 2.45. The zero-order chi connectivity index (χ0) is 59.7. The topological polar surface area (TPSA) is 22.8 Å². The monoisotopic (exact) mass is 1150 g/mol. The van der Waals surface area contributed by atoms with Crippen molar-refractivity contribution in [2.24, 2.45) is 0 Å². The van der Waals surface area contributed by atoms with E-state index in [0.29, 0.717) is 0 Å². The van der Waals surface area contributed by atoms with Gasteiger partial charge in [0.15, 0.2) is 0 Å². The van der Waals surface area contributed by atoms with E-state index in [0.717, 1.165) is 113 Å². The summed E-state index contributed by atoms with van der Waals surface area (Å²) in [6.45, 7) is 0. The molecule has 0 fully saturated rings. The molecule has 426 valence electrons. The van der Waals surface area contributed by atoms with Crippen LogP contribution in [0.25, 0.3) is 66.1 Å². The summed E-state index contributed by atoms with van der Waals surface area (Å²) in [6.07, 6.45) is 0. The van der Waals surface area contributed by atoms with Crippen molar-refractivity contribution in [2.45, 2.75) is 0 Å². The summed E-state index contributed by atoms with van der Waals surface area (Å²) >= 11 is 0. The van der Waals surface area contributed by atoms with Crippen molar-refractivity contribution in [3.05, 3.63) is 364 Å². The van der Waals surface area contributed by atoms with E-state index >= 15 is 0 Å². The van der Waals surface area contributed by atoms with Crippen LogP contribution in [-0.2, 0) is 0 Å². The summed E-state index contributed by atoms with van der Waals surface area (Å²) in [7, 11) is 0. The lowest BCUT2D eigenvalue weighted by atomic mass is 10.0. The van der Waals surface area contributed by atoms with Gasteiger partial charge < -0.3 is 28.7 Å². The Bertz CT molecular complexity index is 4480. The number of rotatable bonds is 15. The molecule has 0 radical (unpaired) electrons. The van der Waals surface area contributed by atoms with Gasteiger partial charge in [-0.25, -0.2) is 0 Å². The third kappa shape index (κ3) is 9.85. The predicted molar refractivity (Wildman–Crippen MR) is 379 cm³/mol. The zero-order valence-electron chi connectivity index (χ0n) is 49.3. The fourth-order valence-corrected chi connectivity index (χ4v) is 13.2. The highest BCUT2D eigenvalue weighted by Crippen LogP contribution is 2.47. The number of fused-ring (bicyclic) bond motifs is 6. The van der Waals surface area contributed by atoms with Crippen molar-refractivity contribution in [3.8, 4) is 22.5 Å². The van der Waals surface area contributed by atoms with Crippen LogP contribution in [0.5, 0.6) is 0 Å². The number of hydrogen-bond donors (Lipinski definition) is 0. The van der Waals surface area contributed by atoms with Crippen LogP contribution in [0.15, 0.2) is 364 Å². The Hall–Kier alpha value is -12.1. The van der Waals surface area contributed by atoms with Crippen molar-refractivity contribution >= 4 is 112 Å². The molecule has 6 nitrogen and oxygen atoms in total. The van der Waals surface area contributed by atoms with Gasteiger partial charge in [-0.1, -0.05) is 194 Å². The van der Waals surface area contributed by atoms with Crippen molar-refractivity contribution < 1.29 is 0 Å². The van der Waals surface area contributed by atoms with Crippen LogP contribution in [-0.4, -0.2) is 9.13 Å². The van der Waals surface area contributed by atoms with Gasteiger partial charge in [0.1, 0.15) is 0 Å². The summed E-state index contributed by atoms with van der Waals surface area (Å²) in [4.78, 5) is 9.46. The number of hydrogen-bond acceptors (Lipinski definition) is 4. The Morgan fingerprint density at radius 2 is 0.367 bits per heavy atom. The van der Waals surface area contributed by atoms with Gasteiger partial charge in [-0.15, -0.1) is 0 Å². The molecular formula is C84H60N6. The van der Waals surface area contributed by atoms with Crippen LogP contribution in [0.1, 0.15) is 0 Å². The second-order valence-corrected chi connectivity index (χ2v) is 22.6. The average molecular weight is 1150 g/mol. The molecule has 0 amide bonds. The highest BCUT2D eigenvalue weighted by atomic mass is 15.2. The number of nitrogens with zero attached hydrogens (tertiary/aromatic N) is 6. The minimum absolute atomic E-state index is 1.03. The second kappa shape index (κ2) is 23.3. The smallest absolute Gasteiger partial charge is 0.0541 e. The first kappa shape index (κ1) is 53.4. The second-order valence-electron chi connectivity index (χ2n) is 22.6. The molecule has 0 saturated heterocycles. The van der Waals surface area contributed by atoms with E-state index in [9.17, 15) is 0 Å². The van der Waals surface area contributed by atoms with E-state index in [1.54, 1.807) is 0 Å². The third-order valence-corrected chi connectivity index (χ3v) is 17.1. The Morgan fingerprint density at radius 3 is 0.611 bits per heavy atom. The van der Waals surface area contributed by atoms with Crippen LogP contribution in [0.2, 0.25) is 0 Å². The molecule has 0 spiro atoms. The first-order valence-corrected chi connectivity index (χ1v) is 30.7. The predicted octanol–water partition coefficient (Wildman–Crippen LogP) is 23.4. The van der Waals surface area contributed by atoms with Crippen LogP contribution in [0, 0.1) is 0 Å². The van der Waals surface area contributed by atoms with Gasteiger partial charge in [0.2, 0.25) is 0 Å². The molecule has 0 atom stereocenters. The number of para-hydroxylation sites is 10. The van der Waals surface area contributed by atoms with E-state index < -0.39 is 0 Å². The Labute approximate surface area is 524 Å². The van der Waals surface area contributed by atoms with Gasteiger partial charge in [-0.05, 0) is 181 Å². The van der Waals surface area contributed by atoms with Crippen molar-refractivity contribution in [2.75, 3.05) is 19.6 Å². The fourth-order valence-electron chi connectivity index (χ4n) is 13.2. The quantitative estimate of drug-likeness (QED) is 0.102. The lowest BCUT2D eigenvalue weighted by Gasteiger charge is -2.30. The molecule has 0 N–H and O–H groups in total. The largest absolute Gasteiger partial charge is 0.310 e. The number of aromatic nitrogens is 2. The maximum Gasteiger partial charge on any atom is 0.0541 e. The standard InChI is InChI=1S/C84H60N6/c1-9-29-63(30-10-1)85(64-31-11-2-12-32-64)71-55-72(86(65-33-13-3-14-34-65)66-35-15-4-16-36-66)58-75(57-71)89-81-47-27-25-45-77(81)79-53-61(49-51-83(79)89)62-50-52-84-80(54-62)78-46-26-28-48-82(78)90(84)76-59-73(87(67-37-17-5-18-38-67)68-39-19-6-20-40-68)56-74(60-76)88(69-41-21-7-22-42-69)70-43-23-8-24-44-70/h1-60H. The first-order chi connectivity index (χ1) is 44.7. The van der Waals surface area contributed by atoms with E-state index in [-0.39, 0.29) is 0 Å². The average Bonchev–Trinajstić information content (AvgIpc) is 1.64. The van der Waals surface area contributed by atoms with E-state index in [1.807, 2.05) is 0 Å². The van der Waals surface area contributed by atoms with Crippen molar-refractivity contribution in [1.82, 2.24) is 9.13 Å². The molecule has 2 aromatic heterocycles. The number of anilines is 12. The normalized spacial score (nSPS) is 11.3. The van der Waals surface area contributed by atoms with Crippen molar-refractivity contribution in [3.63, 3.8) is 0 Å². The van der Waals surface area contributed by atoms with Gasteiger partial charge >= 0.3 is 0 Å². The van der Waals surface area contributed by atoms with E-state index in [2.05, 4.69) is 393 Å². The molecular weight excluding hydrogens is 1090 g/mol. The molecule has 90 heavy (non-hydrogen) atoms. The summed E-state index contributed by atoms with van der Waals surface area (Å²) in [6, 6.07) is 131. The lowest BCUT2D eigenvalue weighted by Crippen LogP contribution is -2.14. The summed E-state index contributed by atoms with van der Waals surface area (Å²) in [5.74, 6) is 0. The molecule has 0 bridgehead atoms. The Morgan fingerprint density at radius 1 is 0.156 bits per heavy atom. The Kier molecular flexibility index (Phi) is 13.8. The lowest BCUT2D eigenvalue weighted by molar-refractivity contribution is 1.16. The molecule has 6 heteroatoms. The van der Waals surface area contributed by atoms with E-state index in [1.165, 1.54) is 21.5 Å². The van der Waals surface area contributed by atoms with Gasteiger partial charge in [0.05, 0.1) is 56.2 Å². The Balaban J connectivity index is 0.876. The number of benzene rings is 14. The van der Waals surface area contributed by atoms with Gasteiger partial charge in [-0.3, -0.25) is 0 Å². The molecule has 14 aromatic carbocycles. The molecule has 16 rings (SSSR count). The van der Waals surface area contributed by atoms with Gasteiger partial charge in [0, 0.05) is 67.0 Å². The zero-order valence-corrected chi connectivity index (χ0v) is 49.3. The fraction of sp³-hybridized carbons (Fsp3) is 0. The molecule has 0 unspecified atom stereocenters. The highest BCUT2D eigenvalue weighted by Gasteiger charge is 2.25. The molecule has 0 aliphatic carbocycles. The minimum Gasteiger partial charge on any atom is -0.310 e. The van der Waals surface area contributed by atoms with Crippen LogP contribution in [0.4, 0.5) is 68.2 Å². The van der Waals surface area contributed by atoms with Gasteiger partial charge in [0.25, 0.3) is 0 Å². The molecule has 16 aromatic rings. The molecule has 0 saturated carbocycles. The summed E-state index contributed by atoms with van der Waals surface area (Å²) < 4.78 is 4.91. The van der Waals surface area contributed by atoms with Crippen molar-refractivity contribution in [1.29, 1.82) is 0 Å². The summed E-state index contributed by atoms with van der Waals surface area (Å²) in [5, 5.41) is 4.72. The maximum atomic E-state index is 2.45. The van der Waals surface area contributed by atoms with E-state index in [4.69, 9.17) is 0 Å². The van der Waals surface area contributed by atoms with Crippen LogP contribution in [0.3, 0.4) is 0 Å². The van der Waals surface area contributed by atoms with Gasteiger partial charge in [-0.2, -0.15) is 0 Å².